The average Bonchev–Trinajstić information content (AvgIpc) is 2.00. The summed E-state index contributed by atoms with van der Waals surface area (Å²) in [4.78, 5) is 2.38. The molecule has 0 bridgehead atoms. The second kappa shape index (κ2) is 5.72. The highest BCUT2D eigenvalue weighted by molar-refractivity contribution is 4.77. The van der Waals surface area contributed by atoms with Crippen molar-refractivity contribution in [3.63, 3.8) is 0 Å². The Morgan fingerprint density at radius 2 is 1.71 bits per heavy atom. The van der Waals surface area contributed by atoms with Crippen molar-refractivity contribution in [1.29, 1.82) is 0 Å². The van der Waals surface area contributed by atoms with Gasteiger partial charge in [-0.15, -0.1) is 0 Å². The molecule has 0 aliphatic rings. The maximum Gasteiger partial charge on any atom is 0.0512 e. The Morgan fingerprint density at radius 1 is 1.21 bits per heavy atom. The molecule has 2 nitrogen and oxygen atoms in total. The van der Waals surface area contributed by atoms with Crippen LogP contribution in [-0.4, -0.2) is 35.7 Å². The summed E-state index contributed by atoms with van der Waals surface area (Å²) in [6.45, 7) is 12.0. The van der Waals surface area contributed by atoms with Crippen molar-refractivity contribution in [2.45, 2.75) is 59.6 Å². The molecule has 0 radical (unpaired) electrons. The van der Waals surface area contributed by atoms with Crippen LogP contribution in [0.1, 0.15) is 47.5 Å². The second-order valence-electron chi connectivity index (χ2n) is 5.51. The smallest absolute Gasteiger partial charge is 0.0512 e. The number of nitrogens with zero attached hydrogens (tertiary/aromatic N) is 1. The van der Waals surface area contributed by atoms with Gasteiger partial charge in [-0.2, -0.15) is 0 Å². The Morgan fingerprint density at radius 3 is 2.07 bits per heavy atom. The quantitative estimate of drug-likeness (QED) is 0.739. The Balaban J connectivity index is 3.79. The maximum absolute atomic E-state index is 9.15. The highest BCUT2D eigenvalue weighted by Crippen LogP contribution is 2.23. The summed E-state index contributed by atoms with van der Waals surface area (Å²) < 4.78 is 0. The molecule has 0 amide bonds. The van der Waals surface area contributed by atoms with Crippen LogP contribution in [-0.2, 0) is 0 Å². The number of aliphatic hydroxyl groups is 1. The lowest BCUT2D eigenvalue weighted by atomic mass is 9.87. The molecule has 0 rings (SSSR count). The summed E-state index contributed by atoms with van der Waals surface area (Å²) in [6, 6.07) is 0.580. The SMILES string of the molecule is CC(O)CCCN(C)C(C)C(C)(C)C. The molecule has 1 N–H and O–H groups in total. The van der Waals surface area contributed by atoms with Gasteiger partial charge in [0.15, 0.2) is 0 Å². The number of rotatable bonds is 5. The first-order valence-electron chi connectivity index (χ1n) is 5.63. The zero-order valence-electron chi connectivity index (χ0n) is 10.7. The van der Waals surface area contributed by atoms with Gasteiger partial charge in [0.25, 0.3) is 0 Å². The van der Waals surface area contributed by atoms with E-state index in [0.717, 1.165) is 19.4 Å². The third kappa shape index (κ3) is 5.61. The van der Waals surface area contributed by atoms with Gasteiger partial charge in [0.1, 0.15) is 0 Å². The van der Waals surface area contributed by atoms with Crippen molar-refractivity contribution in [2.75, 3.05) is 13.6 Å². The maximum atomic E-state index is 9.15. The van der Waals surface area contributed by atoms with E-state index in [-0.39, 0.29) is 6.10 Å². The zero-order valence-corrected chi connectivity index (χ0v) is 10.7. The van der Waals surface area contributed by atoms with Crippen LogP contribution in [0.15, 0.2) is 0 Å². The van der Waals surface area contributed by atoms with Gasteiger partial charge in [0.05, 0.1) is 6.10 Å². The fraction of sp³-hybridized carbons (Fsp3) is 1.00. The van der Waals surface area contributed by atoms with Gasteiger partial charge >= 0.3 is 0 Å². The van der Waals surface area contributed by atoms with Crippen molar-refractivity contribution in [3.8, 4) is 0 Å². The lowest BCUT2D eigenvalue weighted by Gasteiger charge is -2.35. The molecule has 2 atom stereocenters. The molecule has 0 aliphatic heterocycles. The van der Waals surface area contributed by atoms with Crippen LogP contribution in [0, 0.1) is 5.41 Å². The van der Waals surface area contributed by atoms with E-state index in [1.807, 2.05) is 6.92 Å². The van der Waals surface area contributed by atoms with E-state index in [4.69, 9.17) is 5.11 Å². The monoisotopic (exact) mass is 201 g/mol. The third-order valence-electron chi connectivity index (χ3n) is 3.05. The predicted octanol–water partition coefficient (Wildman–Crippen LogP) is 2.51. The zero-order chi connectivity index (χ0) is 11.4. The molecule has 0 aromatic rings. The molecule has 14 heavy (non-hydrogen) atoms. The fourth-order valence-electron chi connectivity index (χ4n) is 1.49. The molecule has 0 heterocycles. The van der Waals surface area contributed by atoms with Crippen LogP contribution in [0.2, 0.25) is 0 Å². The van der Waals surface area contributed by atoms with Gasteiger partial charge in [0.2, 0.25) is 0 Å². The summed E-state index contributed by atoms with van der Waals surface area (Å²) in [5.41, 5.74) is 0.333. The summed E-state index contributed by atoms with van der Waals surface area (Å²) in [6.07, 6.45) is 1.82. The van der Waals surface area contributed by atoms with Crippen LogP contribution in [0.5, 0.6) is 0 Å². The van der Waals surface area contributed by atoms with Crippen LogP contribution in [0.4, 0.5) is 0 Å². The second-order valence-corrected chi connectivity index (χ2v) is 5.51. The molecular formula is C12H27NO. The molecule has 0 aromatic heterocycles. The van der Waals surface area contributed by atoms with Crippen LogP contribution < -0.4 is 0 Å². The Kier molecular flexibility index (Phi) is 5.68. The Hall–Kier alpha value is -0.0800. The van der Waals surface area contributed by atoms with Crippen molar-refractivity contribution in [2.24, 2.45) is 5.41 Å². The molecule has 2 heteroatoms. The van der Waals surface area contributed by atoms with Gasteiger partial charge in [-0.25, -0.2) is 0 Å². The van der Waals surface area contributed by atoms with Gasteiger partial charge in [-0.05, 0) is 45.7 Å². The van der Waals surface area contributed by atoms with Crippen LogP contribution in [0.3, 0.4) is 0 Å². The van der Waals surface area contributed by atoms with Crippen molar-refractivity contribution in [3.05, 3.63) is 0 Å². The molecule has 0 saturated carbocycles. The Bertz CT molecular complexity index is 149. The largest absolute Gasteiger partial charge is 0.393 e. The van der Waals surface area contributed by atoms with E-state index >= 15 is 0 Å². The minimum atomic E-state index is -0.159. The van der Waals surface area contributed by atoms with Gasteiger partial charge in [-0.1, -0.05) is 20.8 Å². The number of hydrogen-bond acceptors (Lipinski definition) is 2. The summed E-state index contributed by atoms with van der Waals surface area (Å²) in [5, 5.41) is 9.15. The van der Waals surface area contributed by atoms with Gasteiger partial charge in [0, 0.05) is 6.04 Å². The number of aliphatic hydroxyl groups excluding tert-OH is 1. The highest BCUT2D eigenvalue weighted by atomic mass is 16.3. The summed E-state index contributed by atoms with van der Waals surface area (Å²) >= 11 is 0. The lowest BCUT2D eigenvalue weighted by Crippen LogP contribution is -2.39. The first-order valence-corrected chi connectivity index (χ1v) is 5.63. The minimum Gasteiger partial charge on any atom is -0.393 e. The third-order valence-corrected chi connectivity index (χ3v) is 3.05. The first-order chi connectivity index (χ1) is 6.25. The molecule has 0 spiro atoms. The minimum absolute atomic E-state index is 0.159. The van der Waals surface area contributed by atoms with E-state index in [9.17, 15) is 0 Å². The molecule has 0 fully saturated rings. The van der Waals surface area contributed by atoms with E-state index < -0.39 is 0 Å². The van der Waals surface area contributed by atoms with E-state index in [1.54, 1.807) is 0 Å². The number of hydrogen-bond donors (Lipinski definition) is 1. The predicted molar refractivity (Wildman–Crippen MR) is 62.5 cm³/mol. The molecule has 86 valence electrons. The highest BCUT2D eigenvalue weighted by Gasteiger charge is 2.23. The standard InChI is InChI=1S/C12H27NO/c1-10(14)8-7-9-13(6)11(2)12(3,4)5/h10-11,14H,7-9H2,1-6H3. The lowest BCUT2D eigenvalue weighted by molar-refractivity contribution is 0.127. The van der Waals surface area contributed by atoms with Crippen molar-refractivity contribution >= 4 is 0 Å². The van der Waals surface area contributed by atoms with E-state index in [2.05, 4.69) is 39.6 Å². The van der Waals surface area contributed by atoms with Crippen LogP contribution in [0.25, 0.3) is 0 Å². The molecule has 0 saturated heterocycles. The molecule has 2 unspecified atom stereocenters. The fourth-order valence-corrected chi connectivity index (χ4v) is 1.49. The van der Waals surface area contributed by atoms with Gasteiger partial charge in [-0.3, -0.25) is 0 Å². The average molecular weight is 201 g/mol. The topological polar surface area (TPSA) is 23.5 Å². The van der Waals surface area contributed by atoms with Crippen molar-refractivity contribution in [1.82, 2.24) is 4.90 Å². The van der Waals surface area contributed by atoms with E-state index in [1.165, 1.54) is 0 Å². The summed E-state index contributed by atoms with van der Waals surface area (Å²) in [7, 11) is 2.16. The normalized spacial score (nSPS) is 17.1. The molecule has 0 aliphatic carbocycles. The van der Waals surface area contributed by atoms with Gasteiger partial charge < -0.3 is 10.0 Å². The van der Waals surface area contributed by atoms with Crippen LogP contribution >= 0.6 is 0 Å². The Labute approximate surface area is 89.3 Å². The first kappa shape index (κ1) is 13.9. The van der Waals surface area contributed by atoms with Crippen molar-refractivity contribution < 1.29 is 5.11 Å². The molecule has 0 aromatic carbocycles. The molecular weight excluding hydrogens is 174 g/mol. The summed E-state index contributed by atoms with van der Waals surface area (Å²) in [5.74, 6) is 0. The van der Waals surface area contributed by atoms with E-state index in [0.29, 0.717) is 11.5 Å².